The molecule has 0 saturated heterocycles. The normalized spacial score (nSPS) is 12.8. The van der Waals surface area contributed by atoms with Crippen LogP contribution in [0.25, 0.3) is 0 Å². The van der Waals surface area contributed by atoms with Gasteiger partial charge in [-0.2, -0.15) is 0 Å². The monoisotopic (exact) mass is 231 g/mol. The summed E-state index contributed by atoms with van der Waals surface area (Å²) < 4.78 is 5.05. The first-order valence-corrected chi connectivity index (χ1v) is 6.30. The topological polar surface area (TPSA) is 41.5 Å². The molecule has 0 unspecified atom stereocenters. The fourth-order valence-electron chi connectivity index (χ4n) is 2.39. The standard InChI is InChI=1S/C13H29NO2/c1-11(2)8-13(10-15,9-12(3)4)14-6-7-16-5/h11-12,14-15H,6-10H2,1-5H3. The molecule has 0 amide bonds. The molecule has 16 heavy (non-hydrogen) atoms. The van der Waals surface area contributed by atoms with E-state index in [0.717, 1.165) is 19.4 Å². The van der Waals surface area contributed by atoms with E-state index in [-0.39, 0.29) is 12.1 Å². The Morgan fingerprint density at radius 2 is 1.62 bits per heavy atom. The Morgan fingerprint density at radius 3 is 1.94 bits per heavy atom. The quantitative estimate of drug-likeness (QED) is 0.597. The summed E-state index contributed by atoms with van der Waals surface area (Å²) in [5, 5.41) is 13.1. The van der Waals surface area contributed by atoms with Crippen LogP contribution in [0.15, 0.2) is 0 Å². The minimum atomic E-state index is -0.138. The highest BCUT2D eigenvalue weighted by Crippen LogP contribution is 2.24. The molecule has 0 aromatic rings. The molecule has 0 bridgehead atoms. The molecule has 0 aromatic carbocycles. The van der Waals surface area contributed by atoms with Crippen LogP contribution in [-0.4, -0.2) is 37.5 Å². The van der Waals surface area contributed by atoms with Crippen molar-refractivity contribution in [3.05, 3.63) is 0 Å². The largest absolute Gasteiger partial charge is 0.394 e. The maximum Gasteiger partial charge on any atom is 0.0613 e. The number of hydrogen-bond acceptors (Lipinski definition) is 3. The van der Waals surface area contributed by atoms with E-state index in [9.17, 15) is 5.11 Å². The van der Waals surface area contributed by atoms with Gasteiger partial charge >= 0.3 is 0 Å². The molecule has 0 heterocycles. The van der Waals surface area contributed by atoms with Gasteiger partial charge in [0.15, 0.2) is 0 Å². The van der Waals surface area contributed by atoms with Crippen molar-refractivity contribution >= 4 is 0 Å². The predicted molar refractivity (Wildman–Crippen MR) is 68.6 cm³/mol. The van der Waals surface area contributed by atoms with Crippen LogP contribution in [0.4, 0.5) is 0 Å². The van der Waals surface area contributed by atoms with Gasteiger partial charge in [-0.05, 0) is 24.7 Å². The van der Waals surface area contributed by atoms with Crippen molar-refractivity contribution in [1.29, 1.82) is 0 Å². The Kier molecular flexibility index (Phi) is 7.98. The molecule has 3 nitrogen and oxygen atoms in total. The molecule has 0 fully saturated rings. The first-order valence-electron chi connectivity index (χ1n) is 6.30. The third-order valence-electron chi connectivity index (χ3n) is 2.71. The summed E-state index contributed by atoms with van der Waals surface area (Å²) in [4.78, 5) is 0. The van der Waals surface area contributed by atoms with Gasteiger partial charge in [0.1, 0.15) is 0 Å². The number of aliphatic hydroxyl groups is 1. The molecule has 0 rings (SSSR count). The van der Waals surface area contributed by atoms with Crippen LogP contribution in [-0.2, 0) is 4.74 Å². The highest BCUT2D eigenvalue weighted by atomic mass is 16.5. The Morgan fingerprint density at radius 1 is 1.12 bits per heavy atom. The van der Waals surface area contributed by atoms with E-state index in [4.69, 9.17) is 4.74 Å². The van der Waals surface area contributed by atoms with Crippen LogP contribution >= 0.6 is 0 Å². The van der Waals surface area contributed by atoms with Crippen molar-refractivity contribution in [3.8, 4) is 0 Å². The number of aliphatic hydroxyl groups excluding tert-OH is 1. The summed E-state index contributed by atoms with van der Waals surface area (Å²) in [5.41, 5.74) is -0.138. The van der Waals surface area contributed by atoms with E-state index in [1.165, 1.54) is 0 Å². The smallest absolute Gasteiger partial charge is 0.0613 e. The molecule has 0 aliphatic rings. The second-order valence-electron chi connectivity index (χ2n) is 5.55. The van der Waals surface area contributed by atoms with Gasteiger partial charge in [0.05, 0.1) is 13.2 Å². The van der Waals surface area contributed by atoms with E-state index < -0.39 is 0 Å². The average molecular weight is 231 g/mol. The zero-order valence-electron chi connectivity index (χ0n) is 11.5. The lowest BCUT2D eigenvalue weighted by atomic mass is 9.82. The number of rotatable bonds is 9. The molecule has 0 radical (unpaired) electrons. The molecular weight excluding hydrogens is 202 g/mol. The fraction of sp³-hybridized carbons (Fsp3) is 1.00. The van der Waals surface area contributed by atoms with Gasteiger partial charge in [0.25, 0.3) is 0 Å². The van der Waals surface area contributed by atoms with Gasteiger partial charge in [0.2, 0.25) is 0 Å². The van der Waals surface area contributed by atoms with E-state index in [1.807, 2.05) is 0 Å². The van der Waals surface area contributed by atoms with E-state index in [2.05, 4.69) is 33.0 Å². The number of nitrogens with one attached hydrogen (secondary N) is 1. The van der Waals surface area contributed by atoms with E-state index in [1.54, 1.807) is 7.11 Å². The van der Waals surface area contributed by atoms with E-state index >= 15 is 0 Å². The lowest BCUT2D eigenvalue weighted by Crippen LogP contribution is -2.51. The zero-order valence-corrected chi connectivity index (χ0v) is 11.5. The first kappa shape index (κ1) is 15.9. The average Bonchev–Trinajstić information content (AvgIpc) is 2.16. The lowest BCUT2D eigenvalue weighted by molar-refractivity contribution is 0.103. The van der Waals surface area contributed by atoms with Gasteiger partial charge in [-0.1, -0.05) is 27.7 Å². The molecule has 0 atom stereocenters. The van der Waals surface area contributed by atoms with Gasteiger partial charge in [0, 0.05) is 19.2 Å². The predicted octanol–water partition coefficient (Wildman–Crippen LogP) is 2.05. The molecule has 2 N–H and O–H groups in total. The van der Waals surface area contributed by atoms with Crippen molar-refractivity contribution in [2.75, 3.05) is 26.9 Å². The summed E-state index contributed by atoms with van der Waals surface area (Å²) in [5.74, 6) is 1.17. The van der Waals surface area contributed by atoms with Crippen LogP contribution in [0.3, 0.4) is 0 Å². The van der Waals surface area contributed by atoms with Gasteiger partial charge < -0.3 is 15.2 Å². The molecule has 0 aliphatic heterocycles. The molecule has 0 aliphatic carbocycles. The fourth-order valence-corrected chi connectivity index (χ4v) is 2.39. The molecule has 98 valence electrons. The van der Waals surface area contributed by atoms with Gasteiger partial charge in [-0.3, -0.25) is 0 Å². The molecule has 0 aromatic heterocycles. The first-order chi connectivity index (χ1) is 7.45. The van der Waals surface area contributed by atoms with Crippen LogP contribution in [0, 0.1) is 11.8 Å². The van der Waals surface area contributed by atoms with Crippen LogP contribution < -0.4 is 5.32 Å². The second kappa shape index (κ2) is 8.04. The summed E-state index contributed by atoms with van der Waals surface area (Å²) in [7, 11) is 1.70. The molecule has 3 heteroatoms. The van der Waals surface area contributed by atoms with Crippen LogP contribution in [0.1, 0.15) is 40.5 Å². The van der Waals surface area contributed by atoms with Crippen molar-refractivity contribution < 1.29 is 9.84 Å². The van der Waals surface area contributed by atoms with Crippen LogP contribution in [0.5, 0.6) is 0 Å². The van der Waals surface area contributed by atoms with Crippen molar-refractivity contribution in [1.82, 2.24) is 5.32 Å². The highest BCUT2D eigenvalue weighted by molar-refractivity contribution is 4.89. The van der Waals surface area contributed by atoms with E-state index in [0.29, 0.717) is 18.4 Å². The summed E-state index contributed by atoms with van der Waals surface area (Å²) in [6, 6.07) is 0. The summed E-state index contributed by atoms with van der Waals surface area (Å²) in [6.45, 7) is 10.5. The SMILES string of the molecule is COCCNC(CO)(CC(C)C)CC(C)C. The Labute approximate surface area is 101 Å². The van der Waals surface area contributed by atoms with Gasteiger partial charge in [-0.15, -0.1) is 0 Å². The Bertz CT molecular complexity index is 159. The minimum absolute atomic E-state index is 0.138. The number of ether oxygens (including phenoxy) is 1. The maximum atomic E-state index is 9.67. The van der Waals surface area contributed by atoms with Crippen LogP contribution in [0.2, 0.25) is 0 Å². The van der Waals surface area contributed by atoms with Gasteiger partial charge in [-0.25, -0.2) is 0 Å². The third-order valence-corrected chi connectivity index (χ3v) is 2.71. The minimum Gasteiger partial charge on any atom is -0.394 e. The molecule has 0 saturated carbocycles. The summed E-state index contributed by atoms with van der Waals surface area (Å²) in [6.07, 6.45) is 2.01. The second-order valence-corrected chi connectivity index (χ2v) is 5.55. The molecular formula is C13H29NO2. The Hall–Kier alpha value is -0.120. The lowest BCUT2D eigenvalue weighted by Gasteiger charge is -2.36. The van der Waals surface area contributed by atoms with Crippen molar-refractivity contribution in [2.45, 2.75) is 46.1 Å². The summed E-state index contributed by atoms with van der Waals surface area (Å²) >= 11 is 0. The number of methoxy groups -OCH3 is 1. The van der Waals surface area contributed by atoms with Crippen molar-refractivity contribution in [3.63, 3.8) is 0 Å². The third kappa shape index (κ3) is 6.46. The highest BCUT2D eigenvalue weighted by Gasteiger charge is 2.30. The Balaban J connectivity index is 4.40. The number of hydrogen-bond donors (Lipinski definition) is 2. The molecule has 0 spiro atoms. The maximum absolute atomic E-state index is 9.67. The van der Waals surface area contributed by atoms with Crippen molar-refractivity contribution in [2.24, 2.45) is 11.8 Å². The zero-order chi connectivity index (χ0) is 12.6.